The predicted octanol–water partition coefficient (Wildman–Crippen LogP) is 0.209. The molecule has 0 saturated carbocycles. The number of nitrogens with two attached hydrogens (primary N) is 2. The lowest BCUT2D eigenvalue weighted by Gasteiger charge is -2.03. The van der Waals surface area contributed by atoms with Crippen molar-refractivity contribution in [3.05, 3.63) is 0 Å². The monoisotopic (exact) mass is 146 g/mol. The average molecular weight is 146 g/mol. The van der Waals surface area contributed by atoms with Crippen molar-refractivity contribution < 1.29 is 9.53 Å². The van der Waals surface area contributed by atoms with Gasteiger partial charge in [0.2, 0.25) is 0 Å². The number of carbonyl (C=O) groups excluding carboxylic acids is 1. The number of hydrogen-bond donors (Lipinski definition) is 2. The van der Waals surface area contributed by atoms with Crippen LogP contribution in [0.15, 0.2) is 0 Å². The summed E-state index contributed by atoms with van der Waals surface area (Å²) in [6, 6.07) is 0.163. The van der Waals surface area contributed by atoms with Crippen LogP contribution in [0.1, 0.15) is 19.8 Å². The predicted molar refractivity (Wildman–Crippen MR) is 38.4 cm³/mol. The van der Waals surface area contributed by atoms with E-state index in [1.54, 1.807) is 0 Å². The standard InChI is InChI=1S/C6H14N2O2/c1-5(7)3-2-4-10-6(8)9/h5H,2-4,7H2,1H3,(H2,8,9). The Kier molecular flexibility index (Phi) is 4.66. The van der Waals surface area contributed by atoms with E-state index in [0.717, 1.165) is 12.8 Å². The first kappa shape index (κ1) is 9.23. The topological polar surface area (TPSA) is 78.3 Å². The van der Waals surface area contributed by atoms with Gasteiger partial charge in [0.25, 0.3) is 0 Å². The van der Waals surface area contributed by atoms with Crippen LogP contribution in [-0.2, 0) is 4.74 Å². The zero-order valence-corrected chi connectivity index (χ0v) is 6.17. The smallest absolute Gasteiger partial charge is 0.404 e. The summed E-state index contributed by atoms with van der Waals surface area (Å²) in [7, 11) is 0. The van der Waals surface area contributed by atoms with E-state index in [1.165, 1.54) is 0 Å². The first-order chi connectivity index (χ1) is 4.63. The van der Waals surface area contributed by atoms with Crippen LogP contribution in [0.5, 0.6) is 0 Å². The van der Waals surface area contributed by atoms with Crippen LogP contribution in [0.2, 0.25) is 0 Å². The van der Waals surface area contributed by atoms with Gasteiger partial charge in [-0.1, -0.05) is 0 Å². The van der Waals surface area contributed by atoms with E-state index in [1.807, 2.05) is 6.92 Å². The Morgan fingerprint density at radius 3 is 2.70 bits per heavy atom. The molecule has 0 aromatic rings. The van der Waals surface area contributed by atoms with Gasteiger partial charge < -0.3 is 16.2 Å². The highest BCUT2D eigenvalue weighted by molar-refractivity contribution is 5.64. The van der Waals surface area contributed by atoms with E-state index in [9.17, 15) is 4.79 Å². The second-order valence-electron chi connectivity index (χ2n) is 2.29. The Morgan fingerprint density at radius 1 is 1.70 bits per heavy atom. The molecule has 0 bridgehead atoms. The molecule has 0 aliphatic rings. The first-order valence-electron chi connectivity index (χ1n) is 3.30. The van der Waals surface area contributed by atoms with Crippen LogP contribution in [0.25, 0.3) is 0 Å². The van der Waals surface area contributed by atoms with Crippen molar-refractivity contribution in [2.45, 2.75) is 25.8 Å². The Hall–Kier alpha value is -0.770. The molecule has 0 aliphatic heterocycles. The number of amides is 1. The van der Waals surface area contributed by atoms with Crippen LogP contribution < -0.4 is 11.5 Å². The molecule has 0 saturated heterocycles. The molecule has 1 atom stereocenters. The zero-order chi connectivity index (χ0) is 7.98. The summed E-state index contributed by atoms with van der Waals surface area (Å²) in [5.41, 5.74) is 10.2. The first-order valence-corrected chi connectivity index (χ1v) is 3.30. The van der Waals surface area contributed by atoms with E-state index < -0.39 is 6.09 Å². The number of rotatable bonds is 4. The largest absolute Gasteiger partial charge is 0.450 e. The lowest BCUT2D eigenvalue weighted by molar-refractivity contribution is 0.154. The van der Waals surface area contributed by atoms with E-state index in [4.69, 9.17) is 11.5 Å². The quantitative estimate of drug-likeness (QED) is 0.556. The minimum absolute atomic E-state index is 0.163. The van der Waals surface area contributed by atoms with Crippen LogP contribution in [-0.4, -0.2) is 18.7 Å². The van der Waals surface area contributed by atoms with Gasteiger partial charge in [0, 0.05) is 6.04 Å². The van der Waals surface area contributed by atoms with Crippen LogP contribution in [0.3, 0.4) is 0 Å². The number of primary amides is 1. The van der Waals surface area contributed by atoms with Crippen molar-refractivity contribution in [1.29, 1.82) is 0 Å². The molecule has 0 spiro atoms. The highest BCUT2D eigenvalue weighted by Crippen LogP contribution is 1.92. The summed E-state index contributed by atoms with van der Waals surface area (Å²) in [6.45, 7) is 2.28. The number of ether oxygens (including phenoxy) is 1. The molecule has 0 heterocycles. The summed E-state index contributed by atoms with van der Waals surface area (Å²) in [5.74, 6) is 0. The summed E-state index contributed by atoms with van der Waals surface area (Å²) in [4.78, 5) is 10.0. The fraction of sp³-hybridized carbons (Fsp3) is 0.833. The van der Waals surface area contributed by atoms with Crippen molar-refractivity contribution in [2.24, 2.45) is 11.5 Å². The molecule has 10 heavy (non-hydrogen) atoms. The normalized spacial score (nSPS) is 12.6. The molecule has 4 nitrogen and oxygen atoms in total. The minimum Gasteiger partial charge on any atom is -0.450 e. The molecule has 0 radical (unpaired) electrons. The zero-order valence-electron chi connectivity index (χ0n) is 6.17. The molecule has 0 aliphatic carbocycles. The third-order valence-electron chi connectivity index (χ3n) is 1.05. The molecule has 1 unspecified atom stereocenters. The summed E-state index contributed by atoms with van der Waals surface area (Å²) < 4.78 is 4.48. The Balaban J connectivity index is 2.98. The summed E-state index contributed by atoms with van der Waals surface area (Å²) >= 11 is 0. The van der Waals surface area contributed by atoms with Crippen molar-refractivity contribution in [3.8, 4) is 0 Å². The van der Waals surface area contributed by atoms with Crippen LogP contribution >= 0.6 is 0 Å². The number of hydrogen-bond acceptors (Lipinski definition) is 3. The van der Waals surface area contributed by atoms with Gasteiger partial charge >= 0.3 is 6.09 Å². The Bertz CT molecular complexity index is 104. The second-order valence-corrected chi connectivity index (χ2v) is 2.29. The van der Waals surface area contributed by atoms with Crippen molar-refractivity contribution in [3.63, 3.8) is 0 Å². The Labute approximate surface area is 60.5 Å². The molecule has 0 rings (SSSR count). The highest BCUT2D eigenvalue weighted by atomic mass is 16.5. The summed E-state index contributed by atoms with van der Waals surface area (Å²) in [5, 5.41) is 0. The number of carbonyl (C=O) groups is 1. The van der Waals surface area contributed by atoms with Gasteiger partial charge in [0.05, 0.1) is 6.61 Å². The molecule has 1 amide bonds. The average Bonchev–Trinajstić information content (AvgIpc) is 1.79. The van der Waals surface area contributed by atoms with E-state index in [-0.39, 0.29) is 6.04 Å². The van der Waals surface area contributed by atoms with Crippen molar-refractivity contribution in [2.75, 3.05) is 6.61 Å². The maximum absolute atomic E-state index is 10.0. The second kappa shape index (κ2) is 5.05. The van der Waals surface area contributed by atoms with Gasteiger partial charge in [-0.25, -0.2) is 4.79 Å². The molecule has 4 N–H and O–H groups in total. The van der Waals surface area contributed by atoms with Gasteiger partial charge in [0.15, 0.2) is 0 Å². The highest BCUT2D eigenvalue weighted by Gasteiger charge is 1.95. The molecule has 0 fully saturated rings. The van der Waals surface area contributed by atoms with E-state index in [0.29, 0.717) is 6.61 Å². The van der Waals surface area contributed by atoms with E-state index in [2.05, 4.69) is 4.74 Å². The van der Waals surface area contributed by atoms with Gasteiger partial charge in [-0.3, -0.25) is 0 Å². The molecular formula is C6H14N2O2. The summed E-state index contributed by atoms with van der Waals surface area (Å²) in [6.07, 6.45) is 0.915. The van der Waals surface area contributed by atoms with Crippen molar-refractivity contribution >= 4 is 6.09 Å². The lowest BCUT2D eigenvalue weighted by atomic mass is 10.2. The van der Waals surface area contributed by atoms with Gasteiger partial charge in [0.1, 0.15) is 0 Å². The van der Waals surface area contributed by atoms with Crippen LogP contribution in [0, 0.1) is 0 Å². The minimum atomic E-state index is -0.718. The lowest BCUT2D eigenvalue weighted by Crippen LogP contribution is -2.17. The molecule has 0 aromatic carbocycles. The molecule has 4 heteroatoms. The maximum Gasteiger partial charge on any atom is 0.404 e. The molecule has 60 valence electrons. The van der Waals surface area contributed by atoms with E-state index >= 15 is 0 Å². The van der Waals surface area contributed by atoms with Gasteiger partial charge in [-0.05, 0) is 19.8 Å². The third-order valence-corrected chi connectivity index (χ3v) is 1.05. The fourth-order valence-corrected chi connectivity index (χ4v) is 0.578. The third kappa shape index (κ3) is 7.23. The molecule has 0 aromatic heterocycles. The Morgan fingerprint density at radius 2 is 2.30 bits per heavy atom. The maximum atomic E-state index is 10.0. The molecular weight excluding hydrogens is 132 g/mol. The van der Waals surface area contributed by atoms with Crippen molar-refractivity contribution in [1.82, 2.24) is 0 Å². The SMILES string of the molecule is CC(N)CCCOC(N)=O. The van der Waals surface area contributed by atoms with Gasteiger partial charge in [-0.15, -0.1) is 0 Å². The fourth-order valence-electron chi connectivity index (χ4n) is 0.578. The van der Waals surface area contributed by atoms with Crippen LogP contribution in [0.4, 0.5) is 4.79 Å². The van der Waals surface area contributed by atoms with Gasteiger partial charge in [-0.2, -0.15) is 0 Å².